The SMILES string of the molecule is COc1ccccc1-c1c(OC(N)=O)cccc1-c1c(C(=O)c2ccccc2)cnc2c(C(F)(F)F)cccc12. The van der Waals surface area contributed by atoms with Crippen molar-refractivity contribution in [3.63, 3.8) is 0 Å². The predicted molar refractivity (Wildman–Crippen MR) is 144 cm³/mol. The highest BCUT2D eigenvalue weighted by atomic mass is 19.4. The number of aromatic nitrogens is 1. The topological polar surface area (TPSA) is 91.5 Å². The Bertz CT molecular complexity index is 1750. The fraction of sp³-hybridized carbons (Fsp3) is 0.0645. The van der Waals surface area contributed by atoms with Gasteiger partial charge in [-0.15, -0.1) is 0 Å². The minimum atomic E-state index is -4.70. The number of amides is 1. The number of hydrogen-bond donors (Lipinski definition) is 1. The summed E-state index contributed by atoms with van der Waals surface area (Å²) in [6.07, 6.45) is -4.64. The Kier molecular flexibility index (Phi) is 6.96. The Balaban J connectivity index is 1.94. The fourth-order valence-electron chi connectivity index (χ4n) is 4.72. The van der Waals surface area contributed by atoms with Crippen LogP contribution in [0, 0.1) is 0 Å². The van der Waals surface area contributed by atoms with Crippen LogP contribution in [0.15, 0.2) is 97.2 Å². The van der Waals surface area contributed by atoms with Crippen LogP contribution in [-0.2, 0) is 6.18 Å². The molecule has 0 aliphatic rings. The number of ether oxygens (including phenoxy) is 2. The Morgan fingerprint density at radius 3 is 2.12 bits per heavy atom. The highest BCUT2D eigenvalue weighted by Gasteiger charge is 2.34. The molecule has 0 aliphatic carbocycles. The molecule has 1 aromatic heterocycles. The molecule has 0 atom stereocenters. The lowest BCUT2D eigenvalue weighted by Crippen LogP contribution is -2.17. The summed E-state index contributed by atoms with van der Waals surface area (Å²) in [5.74, 6) is -0.0197. The van der Waals surface area contributed by atoms with E-state index in [1.165, 1.54) is 25.3 Å². The number of methoxy groups -OCH3 is 1. The Morgan fingerprint density at radius 1 is 0.775 bits per heavy atom. The largest absolute Gasteiger partial charge is 0.496 e. The molecule has 5 aromatic rings. The van der Waals surface area contributed by atoms with Crippen LogP contribution >= 0.6 is 0 Å². The van der Waals surface area contributed by atoms with Gasteiger partial charge in [-0.05, 0) is 23.8 Å². The van der Waals surface area contributed by atoms with Crippen molar-refractivity contribution in [1.82, 2.24) is 4.98 Å². The van der Waals surface area contributed by atoms with E-state index in [0.29, 0.717) is 28.0 Å². The molecule has 5 rings (SSSR count). The summed E-state index contributed by atoms with van der Waals surface area (Å²) < 4.78 is 53.0. The number of hydrogen-bond acceptors (Lipinski definition) is 5. The summed E-state index contributed by atoms with van der Waals surface area (Å²) in [7, 11) is 1.46. The van der Waals surface area contributed by atoms with Gasteiger partial charge in [-0.2, -0.15) is 13.2 Å². The molecule has 9 heteroatoms. The quantitative estimate of drug-likeness (QED) is 0.228. The van der Waals surface area contributed by atoms with Crippen molar-refractivity contribution in [2.75, 3.05) is 7.11 Å². The summed E-state index contributed by atoms with van der Waals surface area (Å²) in [5.41, 5.74) is 5.72. The zero-order chi connectivity index (χ0) is 28.4. The normalized spacial score (nSPS) is 11.3. The first-order valence-corrected chi connectivity index (χ1v) is 12.0. The Hall–Kier alpha value is -5.18. The second-order valence-electron chi connectivity index (χ2n) is 8.74. The van der Waals surface area contributed by atoms with Gasteiger partial charge in [0.25, 0.3) is 0 Å². The molecular formula is C31H21F3N2O4. The number of rotatable bonds is 6. The van der Waals surface area contributed by atoms with Gasteiger partial charge in [0.1, 0.15) is 11.5 Å². The van der Waals surface area contributed by atoms with E-state index in [2.05, 4.69) is 4.98 Å². The van der Waals surface area contributed by atoms with Crippen molar-refractivity contribution in [2.45, 2.75) is 6.18 Å². The predicted octanol–water partition coefficient (Wildman–Crippen LogP) is 7.28. The average Bonchev–Trinajstić information content (AvgIpc) is 2.95. The number of carbonyl (C=O) groups is 2. The number of benzene rings is 4. The van der Waals surface area contributed by atoms with Crippen LogP contribution in [0.25, 0.3) is 33.2 Å². The van der Waals surface area contributed by atoms with Crippen LogP contribution < -0.4 is 15.2 Å². The number of alkyl halides is 3. The molecule has 200 valence electrons. The van der Waals surface area contributed by atoms with Crippen molar-refractivity contribution in [3.05, 3.63) is 114 Å². The molecule has 0 spiro atoms. The van der Waals surface area contributed by atoms with Crippen molar-refractivity contribution < 1.29 is 32.2 Å². The summed E-state index contributed by atoms with van der Waals surface area (Å²) in [6, 6.07) is 23.5. The minimum absolute atomic E-state index is 0.0320. The highest BCUT2D eigenvalue weighted by molar-refractivity contribution is 6.18. The zero-order valence-corrected chi connectivity index (χ0v) is 21.0. The van der Waals surface area contributed by atoms with Gasteiger partial charge in [-0.25, -0.2) is 4.79 Å². The molecule has 0 radical (unpaired) electrons. The van der Waals surface area contributed by atoms with Gasteiger partial charge >= 0.3 is 12.3 Å². The number of halogens is 3. The third-order valence-electron chi connectivity index (χ3n) is 6.37. The molecule has 0 saturated heterocycles. The van der Waals surface area contributed by atoms with Crippen molar-refractivity contribution >= 4 is 22.8 Å². The Morgan fingerprint density at radius 2 is 1.43 bits per heavy atom. The van der Waals surface area contributed by atoms with E-state index in [9.17, 15) is 22.8 Å². The smallest absolute Gasteiger partial charge is 0.418 e. The summed E-state index contributed by atoms with van der Waals surface area (Å²) >= 11 is 0. The zero-order valence-electron chi connectivity index (χ0n) is 21.0. The number of fused-ring (bicyclic) bond motifs is 1. The third kappa shape index (κ3) is 4.84. The van der Waals surface area contributed by atoms with E-state index in [1.54, 1.807) is 66.7 Å². The molecule has 0 saturated carbocycles. The molecule has 0 aliphatic heterocycles. The van der Waals surface area contributed by atoms with Gasteiger partial charge < -0.3 is 15.2 Å². The number of para-hydroxylation sites is 2. The van der Waals surface area contributed by atoms with Crippen LogP contribution in [-0.4, -0.2) is 24.0 Å². The first-order chi connectivity index (χ1) is 19.2. The molecule has 40 heavy (non-hydrogen) atoms. The number of nitrogens with zero attached hydrogens (tertiary/aromatic N) is 1. The standard InChI is InChI=1S/C31H21F3N2O4/c1-39-24-15-6-5-11-19(24)27-20(12-8-16-25(27)40-30(35)38)26-21-13-7-14-23(31(32,33)34)28(21)36-17-22(26)29(37)18-9-3-2-4-10-18/h2-17H,1H3,(H2,35,38). The second kappa shape index (κ2) is 10.5. The van der Waals surface area contributed by atoms with E-state index in [1.807, 2.05) is 0 Å². The van der Waals surface area contributed by atoms with E-state index < -0.39 is 23.6 Å². The van der Waals surface area contributed by atoms with Gasteiger partial charge in [-0.1, -0.05) is 72.8 Å². The van der Waals surface area contributed by atoms with Crippen molar-refractivity contribution in [2.24, 2.45) is 5.73 Å². The molecule has 0 unspecified atom stereocenters. The summed E-state index contributed by atoms with van der Waals surface area (Å²) in [6.45, 7) is 0. The molecule has 0 fully saturated rings. The van der Waals surface area contributed by atoms with Crippen molar-refractivity contribution in [3.8, 4) is 33.8 Å². The lowest BCUT2D eigenvalue weighted by atomic mass is 9.86. The number of pyridine rings is 1. The Labute approximate surface area is 226 Å². The molecule has 0 bridgehead atoms. The maximum atomic E-state index is 14.0. The first kappa shape index (κ1) is 26.4. The molecule has 1 amide bonds. The van der Waals surface area contributed by atoms with Crippen LogP contribution in [0.4, 0.5) is 18.0 Å². The van der Waals surface area contributed by atoms with Crippen LogP contribution in [0.3, 0.4) is 0 Å². The van der Waals surface area contributed by atoms with E-state index in [-0.39, 0.29) is 27.8 Å². The van der Waals surface area contributed by atoms with Gasteiger partial charge in [-0.3, -0.25) is 9.78 Å². The van der Waals surface area contributed by atoms with Gasteiger partial charge in [0, 0.05) is 39.4 Å². The van der Waals surface area contributed by atoms with Gasteiger partial charge in [0.15, 0.2) is 5.78 Å². The first-order valence-electron chi connectivity index (χ1n) is 12.0. The highest BCUT2D eigenvalue weighted by Crippen LogP contribution is 2.47. The number of carbonyl (C=O) groups excluding carboxylic acids is 2. The number of nitrogens with two attached hydrogens (primary N) is 1. The van der Waals surface area contributed by atoms with Gasteiger partial charge in [0.05, 0.1) is 18.2 Å². The lowest BCUT2D eigenvalue weighted by Gasteiger charge is -2.20. The maximum absolute atomic E-state index is 14.0. The summed E-state index contributed by atoms with van der Waals surface area (Å²) in [5, 5.41) is 0.0870. The number of primary amides is 1. The molecular weight excluding hydrogens is 521 g/mol. The van der Waals surface area contributed by atoms with Crippen LogP contribution in [0.2, 0.25) is 0 Å². The monoisotopic (exact) mass is 542 g/mol. The van der Waals surface area contributed by atoms with Crippen LogP contribution in [0.5, 0.6) is 11.5 Å². The maximum Gasteiger partial charge on any atom is 0.418 e. The van der Waals surface area contributed by atoms with E-state index >= 15 is 0 Å². The van der Waals surface area contributed by atoms with E-state index in [0.717, 1.165) is 12.3 Å². The minimum Gasteiger partial charge on any atom is -0.496 e. The average molecular weight is 543 g/mol. The second-order valence-corrected chi connectivity index (χ2v) is 8.74. The third-order valence-corrected chi connectivity index (χ3v) is 6.37. The van der Waals surface area contributed by atoms with Gasteiger partial charge in [0.2, 0.25) is 0 Å². The molecule has 6 nitrogen and oxygen atoms in total. The lowest BCUT2D eigenvalue weighted by molar-refractivity contribution is -0.136. The fourth-order valence-corrected chi connectivity index (χ4v) is 4.72. The number of ketones is 1. The summed E-state index contributed by atoms with van der Waals surface area (Å²) in [4.78, 5) is 29.8. The molecule has 1 heterocycles. The van der Waals surface area contributed by atoms with Crippen molar-refractivity contribution in [1.29, 1.82) is 0 Å². The molecule has 2 N–H and O–H groups in total. The molecule has 4 aromatic carbocycles. The van der Waals surface area contributed by atoms with E-state index in [4.69, 9.17) is 15.2 Å². The van der Waals surface area contributed by atoms with Crippen LogP contribution in [0.1, 0.15) is 21.5 Å².